The Morgan fingerprint density at radius 3 is 2.37 bits per heavy atom. The third kappa shape index (κ3) is 7.77. The van der Waals surface area contributed by atoms with Crippen LogP contribution in [0, 0.1) is 5.92 Å². The van der Waals surface area contributed by atoms with Gasteiger partial charge in [-0.1, -0.05) is 90.0 Å². The lowest BCUT2D eigenvalue weighted by Gasteiger charge is -2.11. The third-order valence-electron chi connectivity index (χ3n) is 6.11. The molecule has 0 spiro atoms. The molecule has 0 saturated carbocycles. The highest BCUT2D eigenvalue weighted by Gasteiger charge is 2.15. The first kappa shape index (κ1) is 26.6. The molecule has 0 aliphatic carbocycles. The lowest BCUT2D eigenvalue weighted by Crippen LogP contribution is -2.13. The maximum absolute atomic E-state index is 11.3. The van der Waals surface area contributed by atoms with Crippen molar-refractivity contribution in [2.24, 2.45) is 11.1 Å². The monoisotopic (exact) mass is 513 g/mol. The predicted molar refractivity (Wildman–Crippen MR) is 144 cm³/mol. The second kappa shape index (κ2) is 13.7. The van der Waals surface area contributed by atoms with Gasteiger partial charge in [-0.2, -0.15) is 4.98 Å². The van der Waals surface area contributed by atoms with Gasteiger partial charge in [-0.05, 0) is 48.9 Å². The van der Waals surface area contributed by atoms with Crippen molar-refractivity contribution in [2.75, 3.05) is 0 Å². The van der Waals surface area contributed by atoms with E-state index in [0.717, 1.165) is 28.8 Å². The number of oxime groups is 1. The van der Waals surface area contributed by atoms with Gasteiger partial charge >= 0.3 is 5.97 Å². The number of hydrogen-bond donors (Lipinski definition) is 1. The molecular weight excluding hydrogens is 482 g/mol. The highest BCUT2D eigenvalue weighted by Crippen LogP contribution is 2.19. The summed E-state index contributed by atoms with van der Waals surface area (Å²) in [5.41, 5.74) is 3.60. The molecule has 4 aromatic rings. The van der Waals surface area contributed by atoms with E-state index >= 15 is 0 Å². The zero-order valence-electron chi connectivity index (χ0n) is 21.3. The van der Waals surface area contributed by atoms with Crippen LogP contribution in [0.1, 0.15) is 49.6 Å². The summed E-state index contributed by atoms with van der Waals surface area (Å²) in [6.45, 7) is 2.37. The molecule has 1 aromatic heterocycles. The Hall–Kier alpha value is -4.46. The number of aromatic nitrogens is 2. The summed E-state index contributed by atoms with van der Waals surface area (Å²) in [6, 6.07) is 27.0. The molecule has 1 unspecified atom stereocenters. The van der Waals surface area contributed by atoms with E-state index in [0.29, 0.717) is 43.3 Å². The minimum absolute atomic E-state index is 0.168. The van der Waals surface area contributed by atoms with Crippen LogP contribution in [0.5, 0.6) is 5.75 Å². The van der Waals surface area contributed by atoms with Crippen molar-refractivity contribution in [3.63, 3.8) is 0 Å². The first-order chi connectivity index (χ1) is 18.6. The molecule has 1 heterocycles. The fourth-order valence-electron chi connectivity index (χ4n) is 3.92. The Bertz CT molecular complexity index is 1300. The van der Waals surface area contributed by atoms with Crippen LogP contribution < -0.4 is 4.74 Å². The minimum Gasteiger partial charge on any atom is -0.484 e. The predicted octanol–water partition coefficient (Wildman–Crippen LogP) is 6.52. The van der Waals surface area contributed by atoms with Crippen molar-refractivity contribution >= 4 is 11.7 Å². The molecule has 0 aliphatic rings. The average molecular weight is 514 g/mol. The molecule has 0 fully saturated rings. The molecule has 1 atom stereocenters. The Balaban J connectivity index is 1.29. The molecule has 0 amide bonds. The van der Waals surface area contributed by atoms with Gasteiger partial charge in [0.25, 0.3) is 5.89 Å². The summed E-state index contributed by atoms with van der Waals surface area (Å²) in [5.74, 6) is 0.514. The van der Waals surface area contributed by atoms with Crippen LogP contribution in [0.25, 0.3) is 11.4 Å². The molecule has 3 aromatic carbocycles. The Kier molecular flexibility index (Phi) is 9.62. The van der Waals surface area contributed by atoms with Gasteiger partial charge in [0, 0.05) is 5.56 Å². The molecule has 8 nitrogen and oxygen atoms in total. The van der Waals surface area contributed by atoms with Gasteiger partial charge in [0.15, 0.2) is 6.61 Å². The van der Waals surface area contributed by atoms with Crippen LogP contribution in [0.15, 0.2) is 94.6 Å². The van der Waals surface area contributed by atoms with Gasteiger partial charge in [-0.15, -0.1) is 0 Å². The van der Waals surface area contributed by atoms with E-state index in [-0.39, 0.29) is 12.5 Å². The van der Waals surface area contributed by atoms with Gasteiger partial charge in [-0.25, -0.2) is 0 Å². The van der Waals surface area contributed by atoms with Gasteiger partial charge in [0.05, 0.1) is 11.6 Å². The maximum Gasteiger partial charge on any atom is 0.306 e. The molecule has 4 rings (SSSR count). The van der Waals surface area contributed by atoms with E-state index in [1.165, 1.54) is 0 Å². The lowest BCUT2D eigenvalue weighted by molar-refractivity contribution is -0.142. The van der Waals surface area contributed by atoms with Crippen LogP contribution in [0.3, 0.4) is 0 Å². The smallest absolute Gasteiger partial charge is 0.306 e. The fourth-order valence-corrected chi connectivity index (χ4v) is 3.92. The number of carboxylic acids is 1. The lowest BCUT2D eigenvalue weighted by atomic mass is 9.97. The van der Waals surface area contributed by atoms with Crippen molar-refractivity contribution in [3.8, 4) is 17.1 Å². The topological polar surface area (TPSA) is 107 Å². The van der Waals surface area contributed by atoms with Crippen molar-refractivity contribution in [3.05, 3.63) is 102 Å². The van der Waals surface area contributed by atoms with E-state index in [9.17, 15) is 9.90 Å². The van der Waals surface area contributed by atoms with Crippen LogP contribution in [0.4, 0.5) is 0 Å². The van der Waals surface area contributed by atoms with Gasteiger partial charge in [0.2, 0.25) is 5.82 Å². The summed E-state index contributed by atoms with van der Waals surface area (Å²) in [7, 11) is 0. The van der Waals surface area contributed by atoms with Crippen LogP contribution in [-0.2, 0) is 22.8 Å². The van der Waals surface area contributed by atoms with Gasteiger partial charge in [0.1, 0.15) is 12.4 Å². The highest BCUT2D eigenvalue weighted by molar-refractivity contribution is 6.00. The maximum atomic E-state index is 11.3. The zero-order chi connectivity index (χ0) is 26.6. The van der Waals surface area contributed by atoms with Crippen molar-refractivity contribution in [1.29, 1.82) is 0 Å². The van der Waals surface area contributed by atoms with Crippen molar-refractivity contribution < 1.29 is 24.0 Å². The molecule has 8 heteroatoms. The molecule has 196 valence electrons. The van der Waals surface area contributed by atoms with Crippen LogP contribution in [0.2, 0.25) is 0 Å². The SMILES string of the molecule is CCC(CCCC(=NOCc1ccc(OCc2nc(-c3ccccc3)no2)cc1)c1ccccc1)C(=O)O. The third-order valence-corrected chi connectivity index (χ3v) is 6.11. The molecule has 0 bridgehead atoms. The normalized spacial score (nSPS) is 12.2. The molecule has 1 N–H and O–H groups in total. The Morgan fingerprint density at radius 1 is 0.974 bits per heavy atom. The van der Waals surface area contributed by atoms with Crippen LogP contribution >= 0.6 is 0 Å². The number of hydrogen-bond acceptors (Lipinski definition) is 7. The van der Waals surface area contributed by atoms with Gasteiger partial charge in [-0.3, -0.25) is 4.79 Å². The highest BCUT2D eigenvalue weighted by atomic mass is 16.6. The first-order valence-electron chi connectivity index (χ1n) is 12.7. The molecular formula is C30H31N3O5. The Morgan fingerprint density at radius 2 is 1.68 bits per heavy atom. The Labute approximate surface area is 221 Å². The van der Waals surface area contributed by atoms with Crippen molar-refractivity contribution in [1.82, 2.24) is 10.1 Å². The number of benzene rings is 3. The van der Waals surface area contributed by atoms with E-state index < -0.39 is 5.97 Å². The second-order valence-electron chi connectivity index (χ2n) is 8.82. The largest absolute Gasteiger partial charge is 0.484 e. The summed E-state index contributed by atoms with van der Waals surface area (Å²) in [6.07, 6.45) is 2.59. The number of aliphatic carboxylic acids is 1. The molecule has 0 radical (unpaired) electrons. The molecule has 0 saturated heterocycles. The van der Waals surface area contributed by atoms with Crippen LogP contribution in [-0.4, -0.2) is 26.9 Å². The number of rotatable bonds is 14. The number of ether oxygens (including phenoxy) is 1. The summed E-state index contributed by atoms with van der Waals surface area (Å²) < 4.78 is 11.1. The van der Waals surface area contributed by atoms with Gasteiger partial charge < -0.3 is 19.2 Å². The number of carboxylic acid groups (broad SMARTS) is 1. The minimum atomic E-state index is -0.747. The summed E-state index contributed by atoms with van der Waals surface area (Å²) in [5, 5.41) is 17.7. The number of nitrogens with zero attached hydrogens (tertiary/aromatic N) is 3. The van der Waals surface area contributed by atoms with E-state index in [2.05, 4.69) is 15.3 Å². The van der Waals surface area contributed by atoms with E-state index in [4.69, 9.17) is 14.1 Å². The van der Waals surface area contributed by atoms with E-state index in [1.54, 1.807) is 0 Å². The summed E-state index contributed by atoms with van der Waals surface area (Å²) >= 11 is 0. The quantitative estimate of drug-likeness (QED) is 0.151. The van der Waals surface area contributed by atoms with E-state index in [1.807, 2.05) is 91.9 Å². The van der Waals surface area contributed by atoms with Crippen molar-refractivity contribution in [2.45, 2.75) is 45.8 Å². The molecule has 38 heavy (non-hydrogen) atoms. The first-order valence-corrected chi connectivity index (χ1v) is 12.7. The standard InChI is InChI=1S/C30H31N3O5/c1-2-23(30(34)35)14-9-15-27(24-10-5-3-6-11-24)32-37-20-22-16-18-26(19-17-22)36-21-28-31-29(33-38-28)25-12-7-4-8-13-25/h3-8,10-13,16-19,23H,2,9,14-15,20-21H2,1H3,(H,34,35). The summed E-state index contributed by atoms with van der Waals surface area (Å²) in [4.78, 5) is 21.4. The fraction of sp³-hybridized carbons (Fsp3) is 0.267. The second-order valence-corrected chi connectivity index (χ2v) is 8.82. The number of carbonyl (C=O) groups is 1. The zero-order valence-corrected chi connectivity index (χ0v) is 21.3. The molecule has 0 aliphatic heterocycles. The average Bonchev–Trinajstić information content (AvgIpc) is 3.44.